The summed E-state index contributed by atoms with van der Waals surface area (Å²) >= 11 is 0. The van der Waals surface area contributed by atoms with E-state index in [4.69, 9.17) is 13.2 Å². The Morgan fingerprint density at radius 3 is 1.20 bits per heavy atom. The zero-order valence-corrected chi connectivity index (χ0v) is 5.20. The molecule has 0 aliphatic carbocycles. The summed E-state index contributed by atoms with van der Waals surface area (Å²) in [5, 5.41) is 0. The Bertz CT molecular complexity index is 24.6. The van der Waals surface area contributed by atoms with Crippen LogP contribution in [-0.4, -0.2) is 0 Å². The maximum atomic E-state index is 4.72. The Morgan fingerprint density at radius 1 is 1.00 bits per heavy atom. The van der Waals surface area contributed by atoms with E-state index in [1.54, 1.807) is 0 Å². The average molecular weight is 242 g/mol. The molecule has 0 fully saturated rings. The van der Waals surface area contributed by atoms with Crippen LogP contribution in [0.5, 0.6) is 0 Å². The van der Waals surface area contributed by atoms with Gasteiger partial charge in [0.2, 0.25) is 0 Å². The molecule has 1 heteroatoms. The van der Waals surface area contributed by atoms with Crippen molar-refractivity contribution < 1.29 is 19.8 Å². The predicted octanol–water partition coefficient (Wildman–Crippen LogP) is 0.962. The smallest absolute Gasteiger partial charge is 0.394 e. The molecular weight excluding hydrogens is 238 g/mol. The Balaban J connectivity index is 0. The Labute approximate surface area is 45.6 Å². The minimum Gasteiger partial charge on any atom is -0.394 e. The van der Waals surface area contributed by atoms with E-state index in [-0.39, 0.29) is 19.8 Å². The van der Waals surface area contributed by atoms with Crippen LogP contribution in [0.15, 0.2) is 12.2 Å². The molecule has 0 atom stereocenters. The van der Waals surface area contributed by atoms with Crippen LogP contribution >= 0.6 is 0 Å². The van der Waals surface area contributed by atoms with Crippen molar-refractivity contribution in [3.8, 4) is 0 Å². The molecule has 0 amide bonds. The first-order valence-corrected chi connectivity index (χ1v) is 1.00. The van der Waals surface area contributed by atoms with Gasteiger partial charge in [-0.1, -0.05) is 0 Å². The van der Waals surface area contributed by atoms with Gasteiger partial charge in [-0.3, -0.25) is 0 Å². The van der Waals surface area contributed by atoms with E-state index in [0.717, 1.165) is 0 Å². The summed E-state index contributed by atoms with van der Waals surface area (Å²) in [5.41, 5.74) is 0. The van der Waals surface area contributed by atoms with Gasteiger partial charge in [-0.15, -0.1) is 0 Å². The summed E-state index contributed by atoms with van der Waals surface area (Å²) in [6.07, 6.45) is 2.56. The fourth-order valence-electron chi connectivity index (χ4n) is 0. The van der Waals surface area contributed by atoms with Gasteiger partial charge >= 0.3 is 19.8 Å². The summed E-state index contributed by atoms with van der Waals surface area (Å²) in [6, 6.07) is 0. The van der Waals surface area contributed by atoms with Crippen molar-refractivity contribution in [2.45, 2.75) is 0 Å². The zero-order chi connectivity index (χ0) is 3.41. The van der Waals surface area contributed by atoms with E-state index in [9.17, 15) is 0 Å². The topological polar surface area (TPSA) is 0 Å². The monoisotopic (exact) mass is 244 g/mol. The molecule has 0 nitrogen and oxygen atoms in total. The first-order valence-electron chi connectivity index (χ1n) is 1.00. The van der Waals surface area contributed by atoms with Crippen LogP contribution in [0.2, 0.25) is 0 Å². The maximum absolute atomic E-state index is 4.72. The number of hydrogen-bond donors (Lipinski definition) is 0. The minimum atomic E-state index is 0. The van der Waals surface area contributed by atoms with E-state index in [2.05, 4.69) is 0 Å². The SMILES string of the molecule is [CH-]=CC=[CH-].[Os+2]. The van der Waals surface area contributed by atoms with Crippen molar-refractivity contribution >= 4 is 0 Å². The summed E-state index contributed by atoms with van der Waals surface area (Å²) in [7, 11) is 0. The fourth-order valence-corrected chi connectivity index (χ4v) is 0. The first-order chi connectivity index (χ1) is 1.91. The maximum Gasteiger partial charge on any atom is 2.00 e. The summed E-state index contributed by atoms with van der Waals surface area (Å²) in [5.74, 6) is 0. The standard InChI is InChI=1S/C4H4.Os/c1-3-4-2;/h1-4H;/q-2;+2. The van der Waals surface area contributed by atoms with Crippen molar-refractivity contribution in [2.75, 3.05) is 0 Å². The molecule has 0 aromatic rings. The molecule has 0 aliphatic rings. The second-order valence-corrected chi connectivity index (χ2v) is 0.385. The fraction of sp³-hybridized carbons (Fsp3) is 0. The first kappa shape index (κ1) is 8.93. The average Bonchev–Trinajstić information content (AvgIpc) is 1.37. The van der Waals surface area contributed by atoms with Crippen molar-refractivity contribution in [2.24, 2.45) is 0 Å². The van der Waals surface area contributed by atoms with Crippen LogP contribution in [-0.2, 0) is 19.8 Å². The molecule has 0 aromatic heterocycles. The van der Waals surface area contributed by atoms with Gasteiger partial charge in [-0.2, -0.15) is 0 Å². The molecule has 28 valence electrons. The van der Waals surface area contributed by atoms with Gasteiger partial charge in [-0.25, -0.2) is 0 Å². The van der Waals surface area contributed by atoms with Crippen LogP contribution in [0, 0.1) is 13.2 Å². The summed E-state index contributed by atoms with van der Waals surface area (Å²) in [4.78, 5) is 0. The number of rotatable bonds is 1. The summed E-state index contributed by atoms with van der Waals surface area (Å²) in [6.45, 7) is 9.44. The molecule has 0 bridgehead atoms. The van der Waals surface area contributed by atoms with Crippen molar-refractivity contribution in [3.63, 3.8) is 0 Å². The predicted molar refractivity (Wildman–Crippen MR) is 17.7 cm³/mol. The Morgan fingerprint density at radius 2 is 1.20 bits per heavy atom. The molecule has 0 saturated heterocycles. The third-order valence-electron chi connectivity index (χ3n) is 0.111. The van der Waals surface area contributed by atoms with E-state index in [0.29, 0.717) is 0 Å². The summed E-state index contributed by atoms with van der Waals surface area (Å²) < 4.78 is 0. The van der Waals surface area contributed by atoms with Crippen LogP contribution in [0.1, 0.15) is 0 Å². The molecular formula is C4H4Os. The van der Waals surface area contributed by atoms with Gasteiger partial charge in [0, 0.05) is 0 Å². The molecule has 0 N–H and O–H groups in total. The normalized spacial score (nSPS) is 4.00. The van der Waals surface area contributed by atoms with Gasteiger partial charge in [-0.05, 0) is 0 Å². The third-order valence-corrected chi connectivity index (χ3v) is 0.111. The molecule has 0 heterocycles. The molecule has 5 heavy (non-hydrogen) atoms. The minimum absolute atomic E-state index is 0. The van der Waals surface area contributed by atoms with Crippen molar-refractivity contribution in [1.29, 1.82) is 0 Å². The van der Waals surface area contributed by atoms with Gasteiger partial charge in [0.15, 0.2) is 0 Å². The van der Waals surface area contributed by atoms with E-state index in [1.807, 2.05) is 0 Å². The molecule has 0 radical (unpaired) electrons. The van der Waals surface area contributed by atoms with Crippen molar-refractivity contribution in [3.05, 3.63) is 25.3 Å². The van der Waals surface area contributed by atoms with Gasteiger partial charge < -0.3 is 25.3 Å². The number of allylic oxidation sites excluding steroid dienone is 2. The molecule has 0 unspecified atom stereocenters. The quantitative estimate of drug-likeness (QED) is 0.475. The van der Waals surface area contributed by atoms with E-state index in [1.165, 1.54) is 12.2 Å². The molecule has 0 aromatic carbocycles. The van der Waals surface area contributed by atoms with Gasteiger partial charge in [0.05, 0.1) is 0 Å². The Kier molecular flexibility index (Phi) is 15.9. The molecule has 0 spiro atoms. The third kappa shape index (κ3) is 14.8. The van der Waals surface area contributed by atoms with Crippen LogP contribution < -0.4 is 0 Å². The molecule has 0 aliphatic heterocycles. The zero-order valence-electron chi connectivity index (χ0n) is 2.66. The van der Waals surface area contributed by atoms with E-state index < -0.39 is 0 Å². The van der Waals surface area contributed by atoms with Crippen molar-refractivity contribution in [1.82, 2.24) is 0 Å². The second-order valence-electron chi connectivity index (χ2n) is 0.385. The van der Waals surface area contributed by atoms with Crippen LogP contribution in [0.3, 0.4) is 0 Å². The second kappa shape index (κ2) is 8.93. The van der Waals surface area contributed by atoms with Gasteiger partial charge in [0.1, 0.15) is 0 Å². The largest absolute Gasteiger partial charge is 2.00 e. The molecule has 0 rings (SSSR count). The number of hydrogen-bond acceptors (Lipinski definition) is 0. The molecule has 0 saturated carbocycles. The van der Waals surface area contributed by atoms with Gasteiger partial charge in [0.25, 0.3) is 0 Å². The van der Waals surface area contributed by atoms with Crippen LogP contribution in [0.4, 0.5) is 0 Å². The van der Waals surface area contributed by atoms with E-state index >= 15 is 0 Å². The Hall–Kier alpha value is 0.116. The van der Waals surface area contributed by atoms with Crippen LogP contribution in [0.25, 0.3) is 0 Å².